The van der Waals surface area contributed by atoms with E-state index in [1.165, 1.54) is 0 Å². The monoisotopic (exact) mass is 597 g/mol. The minimum Gasteiger partial charge on any atom is -0.378 e. The number of anilines is 2. The fraction of sp³-hybridized carbons (Fsp3) is 0.394. The van der Waals surface area contributed by atoms with Crippen LogP contribution in [0.15, 0.2) is 65.6 Å². The number of carbonyl (C=O) groups is 2. The number of hydrogen-bond acceptors (Lipinski definition) is 7. The summed E-state index contributed by atoms with van der Waals surface area (Å²) in [6, 6.07) is 16.4. The van der Waals surface area contributed by atoms with Crippen molar-refractivity contribution in [2.24, 2.45) is 17.6 Å². The molecule has 3 heterocycles. The van der Waals surface area contributed by atoms with Crippen LogP contribution in [0.3, 0.4) is 0 Å². The molecule has 6 rings (SSSR count). The Morgan fingerprint density at radius 1 is 0.977 bits per heavy atom. The van der Waals surface area contributed by atoms with Crippen molar-refractivity contribution in [1.29, 1.82) is 0 Å². The Hall–Kier alpha value is -4.48. The summed E-state index contributed by atoms with van der Waals surface area (Å²) in [7, 11) is 0. The van der Waals surface area contributed by atoms with E-state index in [1.807, 2.05) is 36.5 Å². The van der Waals surface area contributed by atoms with Crippen LogP contribution in [0.1, 0.15) is 31.2 Å². The third-order valence-corrected chi connectivity index (χ3v) is 8.84. The molecule has 1 aliphatic heterocycles. The van der Waals surface area contributed by atoms with E-state index in [9.17, 15) is 14.4 Å². The summed E-state index contributed by atoms with van der Waals surface area (Å²) in [6.45, 7) is 3.73. The standard InChI is InChI=1S/C33H39N7O4/c34-19-22-3-7-24(8-4-22)31(41)37-29(33(43)36-26-10-11-27-28(18-26)38-39-32(27)42)17-21-1-5-23(6-2-21)25-9-12-30(35-20-25)40-13-15-44-16-14-40/h1-2,5-6,9-12,18,20,22,24,29H,3-4,7-8,13-17,19,34H2,(H,36,43)(H,37,41)(H2,38,39,42)/t22?,24?,29-/m0/s1. The summed E-state index contributed by atoms with van der Waals surface area (Å²) in [5.41, 5.74) is 9.68. The van der Waals surface area contributed by atoms with Crippen LogP contribution in [0, 0.1) is 11.8 Å². The van der Waals surface area contributed by atoms with Gasteiger partial charge in [-0.1, -0.05) is 24.3 Å². The fourth-order valence-electron chi connectivity index (χ4n) is 6.11. The number of nitrogens with zero attached hydrogens (tertiary/aromatic N) is 2. The summed E-state index contributed by atoms with van der Waals surface area (Å²) < 4.78 is 5.44. The molecule has 6 N–H and O–H groups in total. The highest BCUT2D eigenvalue weighted by atomic mass is 16.5. The van der Waals surface area contributed by atoms with Gasteiger partial charge in [0.15, 0.2) is 0 Å². The van der Waals surface area contributed by atoms with E-state index in [0.717, 1.165) is 61.3 Å². The van der Waals surface area contributed by atoms with Crippen LogP contribution in [-0.2, 0) is 20.7 Å². The molecule has 1 aliphatic carbocycles. The molecule has 2 amide bonds. The molecule has 1 saturated carbocycles. The first kappa shape index (κ1) is 29.6. The van der Waals surface area contributed by atoms with Crippen LogP contribution in [-0.4, -0.2) is 65.9 Å². The van der Waals surface area contributed by atoms with Crippen LogP contribution >= 0.6 is 0 Å². The molecule has 0 unspecified atom stereocenters. The molecule has 2 fully saturated rings. The van der Waals surface area contributed by atoms with E-state index >= 15 is 0 Å². The van der Waals surface area contributed by atoms with Gasteiger partial charge in [0.25, 0.3) is 5.56 Å². The number of aromatic amines is 2. The summed E-state index contributed by atoms with van der Waals surface area (Å²) in [5.74, 6) is 0.839. The molecule has 2 aromatic carbocycles. The molecule has 44 heavy (non-hydrogen) atoms. The average molecular weight is 598 g/mol. The predicted molar refractivity (Wildman–Crippen MR) is 170 cm³/mol. The SMILES string of the molecule is NCC1CCC(C(=O)N[C@@H](Cc2ccc(-c3ccc(N4CCOCC4)nc3)cc2)C(=O)Nc2ccc3c(=O)[nH][nH]c3c2)CC1. The Balaban J connectivity index is 1.16. The predicted octanol–water partition coefficient (Wildman–Crippen LogP) is 3.19. The normalized spacial score (nSPS) is 19.4. The Kier molecular flexibility index (Phi) is 9.04. The highest BCUT2D eigenvalue weighted by Crippen LogP contribution is 2.29. The smallest absolute Gasteiger partial charge is 0.271 e. The second-order valence-electron chi connectivity index (χ2n) is 11.7. The molecule has 0 spiro atoms. The number of morpholine rings is 1. The van der Waals surface area contributed by atoms with Gasteiger partial charge >= 0.3 is 0 Å². The zero-order valence-corrected chi connectivity index (χ0v) is 24.7. The van der Waals surface area contributed by atoms with Crippen molar-refractivity contribution in [2.75, 3.05) is 43.1 Å². The van der Waals surface area contributed by atoms with E-state index < -0.39 is 6.04 Å². The van der Waals surface area contributed by atoms with Gasteiger partial charge in [-0.2, -0.15) is 0 Å². The largest absolute Gasteiger partial charge is 0.378 e. The molecule has 2 aliphatic rings. The van der Waals surface area contributed by atoms with E-state index in [-0.39, 0.29) is 23.3 Å². The highest BCUT2D eigenvalue weighted by Gasteiger charge is 2.29. The zero-order valence-electron chi connectivity index (χ0n) is 24.7. The third kappa shape index (κ3) is 6.84. The zero-order chi connectivity index (χ0) is 30.5. The van der Waals surface area contributed by atoms with Crippen molar-refractivity contribution >= 4 is 34.2 Å². The fourth-order valence-corrected chi connectivity index (χ4v) is 6.11. The molecule has 0 bridgehead atoms. The minimum absolute atomic E-state index is 0.103. The van der Waals surface area contributed by atoms with Crippen molar-refractivity contribution in [3.05, 3.63) is 76.7 Å². The van der Waals surface area contributed by atoms with Crippen molar-refractivity contribution in [1.82, 2.24) is 20.5 Å². The quantitative estimate of drug-likeness (QED) is 0.198. The molecule has 0 radical (unpaired) electrons. The van der Waals surface area contributed by atoms with Crippen molar-refractivity contribution < 1.29 is 14.3 Å². The van der Waals surface area contributed by atoms with E-state index in [4.69, 9.17) is 10.5 Å². The van der Waals surface area contributed by atoms with Crippen LogP contribution in [0.25, 0.3) is 22.0 Å². The van der Waals surface area contributed by atoms with Gasteiger partial charge in [-0.25, -0.2) is 4.98 Å². The summed E-state index contributed by atoms with van der Waals surface area (Å²) in [4.78, 5) is 45.7. The number of carbonyl (C=O) groups excluding carboxylic acids is 2. The molecule has 4 aromatic rings. The number of nitrogens with one attached hydrogen (secondary N) is 4. The molecule has 11 nitrogen and oxygen atoms in total. The number of nitrogens with two attached hydrogens (primary N) is 1. The van der Waals surface area contributed by atoms with Crippen molar-refractivity contribution in [3.63, 3.8) is 0 Å². The Bertz CT molecular complexity index is 1630. The molecule has 2 aromatic heterocycles. The lowest BCUT2D eigenvalue weighted by molar-refractivity contribution is -0.130. The van der Waals surface area contributed by atoms with Crippen LogP contribution in [0.5, 0.6) is 0 Å². The lowest BCUT2D eigenvalue weighted by Crippen LogP contribution is -2.48. The van der Waals surface area contributed by atoms with Gasteiger partial charge in [0, 0.05) is 42.9 Å². The van der Waals surface area contributed by atoms with E-state index in [0.29, 0.717) is 48.7 Å². The minimum atomic E-state index is -0.781. The Labute approximate surface area is 255 Å². The first-order valence-electron chi connectivity index (χ1n) is 15.4. The van der Waals surface area contributed by atoms with Gasteiger partial charge in [-0.15, -0.1) is 0 Å². The van der Waals surface area contributed by atoms with Gasteiger partial charge < -0.3 is 26.0 Å². The number of rotatable bonds is 9. The number of aromatic nitrogens is 3. The van der Waals surface area contributed by atoms with Crippen LogP contribution in [0.4, 0.5) is 11.5 Å². The topological polar surface area (TPSA) is 158 Å². The first-order chi connectivity index (χ1) is 21.5. The number of H-pyrrole nitrogens is 2. The van der Waals surface area contributed by atoms with Gasteiger partial charge in [-0.05, 0) is 79.6 Å². The van der Waals surface area contributed by atoms with E-state index in [1.54, 1.807) is 18.2 Å². The highest BCUT2D eigenvalue weighted by molar-refractivity contribution is 5.99. The Morgan fingerprint density at radius 3 is 2.43 bits per heavy atom. The van der Waals surface area contributed by atoms with Crippen LogP contribution < -0.4 is 26.8 Å². The molecular formula is C33H39N7O4. The molecule has 1 atom stereocenters. The third-order valence-electron chi connectivity index (χ3n) is 8.84. The molecule has 1 saturated heterocycles. The summed E-state index contributed by atoms with van der Waals surface area (Å²) in [5, 5.41) is 11.8. The summed E-state index contributed by atoms with van der Waals surface area (Å²) >= 11 is 0. The molecular weight excluding hydrogens is 558 g/mol. The number of amides is 2. The number of hydrogen-bond donors (Lipinski definition) is 5. The lowest BCUT2D eigenvalue weighted by Gasteiger charge is -2.28. The lowest BCUT2D eigenvalue weighted by atomic mass is 9.81. The van der Waals surface area contributed by atoms with Gasteiger partial charge in [0.2, 0.25) is 11.8 Å². The summed E-state index contributed by atoms with van der Waals surface area (Å²) in [6.07, 6.45) is 5.59. The second-order valence-corrected chi connectivity index (χ2v) is 11.7. The maximum atomic E-state index is 13.6. The molecule has 230 valence electrons. The van der Waals surface area contributed by atoms with Crippen molar-refractivity contribution in [2.45, 2.75) is 38.1 Å². The van der Waals surface area contributed by atoms with Crippen molar-refractivity contribution in [3.8, 4) is 11.1 Å². The maximum Gasteiger partial charge on any atom is 0.271 e. The van der Waals surface area contributed by atoms with Crippen LogP contribution in [0.2, 0.25) is 0 Å². The Morgan fingerprint density at radius 2 is 1.73 bits per heavy atom. The number of ether oxygens (including phenoxy) is 1. The van der Waals surface area contributed by atoms with Gasteiger partial charge in [0.05, 0.1) is 24.1 Å². The average Bonchev–Trinajstić information content (AvgIpc) is 3.44. The maximum absolute atomic E-state index is 13.6. The van der Waals surface area contributed by atoms with Gasteiger partial charge in [0.1, 0.15) is 11.9 Å². The second kappa shape index (κ2) is 13.4. The number of benzene rings is 2. The van der Waals surface area contributed by atoms with E-state index in [2.05, 4.69) is 36.8 Å². The number of fused-ring (bicyclic) bond motifs is 1. The first-order valence-corrected chi connectivity index (χ1v) is 15.4. The van der Waals surface area contributed by atoms with Gasteiger partial charge in [-0.3, -0.25) is 24.6 Å². The molecule has 11 heteroatoms. The number of pyridine rings is 1.